The van der Waals surface area contributed by atoms with Crippen LogP contribution in [0.1, 0.15) is 26.2 Å². The molecule has 21 heavy (non-hydrogen) atoms. The molecule has 0 spiro atoms. The van der Waals surface area contributed by atoms with Crippen LogP contribution in [0.5, 0.6) is 5.75 Å². The van der Waals surface area contributed by atoms with Gasteiger partial charge in [0.1, 0.15) is 5.75 Å². The van der Waals surface area contributed by atoms with Crippen LogP contribution in [0.2, 0.25) is 0 Å². The summed E-state index contributed by atoms with van der Waals surface area (Å²) >= 11 is 0. The number of anilines is 1. The number of nitrogens with two attached hydrogens (primary N) is 1. The van der Waals surface area contributed by atoms with Crippen molar-refractivity contribution in [2.24, 2.45) is 11.7 Å². The zero-order valence-corrected chi connectivity index (χ0v) is 12.2. The molecule has 1 atom stereocenters. The summed E-state index contributed by atoms with van der Waals surface area (Å²) in [7, 11) is 0. The van der Waals surface area contributed by atoms with Crippen molar-refractivity contribution in [3.63, 3.8) is 0 Å². The molecule has 4 N–H and O–H groups in total. The Morgan fingerprint density at radius 1 is 1.33 bits per heavy atom. The van der Waals surface area contributed by atoms with Gasteiger partial charge in [0.25, 0.3) is 0 Å². The minimum Gasteiger partial charge on any atom is -0.480 e. The van der Waals surface area contributed by atoms with Gasteiger partial charge in [0.2, 0.25) is 5.91 Å². The van der Waals surface area contributed by atoms with Gasteiger partial charge >= 0.3 is 5.97 Å². The molecule has 0 aliphatic rings. The molecule has 1 aromatic rings. The SMILES string of the molecule is CC(CCN)CCC(=O)Nc1ccccc1OCC(=O)O. The molecule has 0 aromatic heterocycles. The number of carboxylic acid groups (broad SMARTS) is 1. The highest BCUT2D eigenvalue weighted by atomic mass is 16.5. The van der Waals surface area contributed by atoms with E-state index in [2.05, 4.69) is 12.2 Å². The van der Waals surface area contributed by atoms with Gasteiger partial charge in [-0.05, 0) is 37.4 Å². The number of carbonyl (C=O) groups is 2. The summed E-state index contributed by atoms with van der Waals surface area (Å²) < 4.78 is 5.13. The first-order chi connectivity index (χ1) is 10.0. The van der Waals surface area contributed by atoms with Crippen LogP contribution in [-0.4, -0.2) is 30.1 Å². The molecule has 1 rings (SSSR count). The van der Waals surface area contributed by atoms with E-state index in [4.69, 9.17) is 15.6 Å². The van der Waals surface area contributed by atoms with E-state index in [1.807, 2.05) is 0 Å². The van der Waals surface area contributed by atoms with Crippen LogP contribution in [0.25, 0.3) is 0 Å². The van der Waals surface area contributed by atoms with Gasteiger partial charge in [-0.2, -0.15) is 0 Å². The van der Waals surface area contributed by atoms with Crippen molar-refractivity contribution < 1.29 is 19.4 Å². The van der Waals surface area contributed by atoms with E-state index in [1.54, 1.807) is 24.3 Å². The summed E-state index contributed by atoms with van der Waals surface area (Å²) in [4.78, 5) is 22.4. The zero-order valence-electron chi connectivity index (χ0n) is 12.2. The van der Waals surface area contributed by atoms with Crippen LogP contribution in [0.15, 0.2) is 24.3 Å². The summed E-state index contributed by atoms with van der Waals surface area (Å²) in [6.07, 6.45) is 2.06. The number of ether oxygens (including phenoxy) is 1. The Labute approximate surface area is 124 Å². The third kappa shape index (κ3) is 6.76. The highest BCUT2D eigenvalue weighted by molar-refractivity contribution is 5.92. The van der Waals surface area contributed by atoms with Crippen LogP contribution in [0.3, 0.4) is 0 Å². The molecule has 0 saturated carbocycles. The molecule has 6 nitrogen and oxygen atoms in total. The molecule has 0 saturated heterocycles. The molecule has 6 heteroatoms. The molecule has 1 aromatic carbocycles. The Morgan fingerprint density at radius 3 is 2.71 bits per heavy atom. The fraction of sp³-hybridized carbons (Fsp3) is 0.467. The zero-order chi connectivity index (χ0) is 15.7. The van der Waals surface area contributed by atoms with E-state index >= 15 is 0 Å². The van der Waals surface area contributed by atoms with E-state index < -0.39 is 12.6 Å². The lowest BCUT2D eigenvalue weighted by Crippen LogP contribution is -2.16. The monoisotopic (exact) mass is 294 g/mol. The molecule has 0 bridgehead atoms. The number of carboxylic acids is 1. The number of benzene rings is 1. The van der Waals surface area contributed by atoms with Crippen molar-refractivity contribution in [2.45, 2.75) is 26.2 Å². The van der Waals surface area contributed by atoms with Gasteiger partial charge in [-0.1, -0.05) is 19.1 Å². The quantitative estimate of drug-likeness (QED) is 0.645. The lowest BCUT2D eigenvalue weighted by Gasteiger charge is -2.12. The minimum atomic E-state index is -1.06. The van der Waals surface area contributed by atoms with Crippen molar-refractivity contribution >= 4 is 17.6 Å². The van der Waals surface area contributed by atoms with Gasteiger partial charge in [-0.25, -0.2) is 4.79 Å². The van der Waals surface area contributed by atoms with Gasteiger partial charge in [-0.15, -0.1) is 0 Å². The molecule has 0 aliphatic heterocycles. The molecule has 0 radical (unpaired) electrons. The Hall–Kier alpha value is -2.08. The maximum Gasteiger partial charge on any atom is 0.341 e. The lowest BCUT2D eigenvalue weighted by molar-refractivity contribution is -0.139. The molecule has 0 heterocycles. The van der Waals surface area contributed by atoms with E-state index in [-0.39, 0.29) is 5.91 Å². The highest BCUT2D eigenvalue weighted by Crippen LogP contribution is 2.24. The fourth-order valence-corrected chi connectivity index (χ4v) is 1.85. The molecular formula is C15H22N2O4. The van der Waals surface area contributed by atoms with Crippen LogP contribution in [0.4, 0.5) is 5.69 Å². The number of hydrogen-bond donors (Lipinski definition) is 3. The summed E-state index contributed by atoms with van der Waals surface area (Å²) in [5, 5.41) is 11.4. The van der Waals surface area contributed by atoms with Crippen molar-refractivity contribution in [3.8, 4) is 5.75 Å². The van der Waals surface area contributed by atoms with Gasteiger partial charge in [0, 0.05) is 6.42 Å². The standard InChI is InChI=1S/C15H22N2O4/c1-11(8-9-16)6-7-14(18)17-12-4-2-3-5-13(12)21-10-15(19)20/h2-5,11H,6-10,16H2,1H3,(H,17,18)(H,19,20). The number of hydrogen-bond acceptors (Lipinski definition) is 4. The first kappa shape index (κ1) is 17.0. The minimum absolute atomic E-state index is 0.120. The van der Waals surface area contributed by atoms with Gasteiger partial charge < -0.3 is 20.9 Å². The van der Waals surface area contributed by atoms with Crippen molar-refractivity contribution in [1.29, 1.82) is 0 Å². The van der Waals surface area contributed by atoms with Crippen LogP contribution in [0, 0.1) is 5.92 Å². The highest BCUT2D eigenvalue weighted by Gasteiger charge is 2.10. The number of para-hydroxylation sites is 2. The van der Waals surface area contributed by atoms with Crippen LogP contribution < -0.4 is 15.8 Å². The smallest absolute Gasteiger partial charge is 0.341 e. The summed E-state index contributed by atoms with van der Waals surface area (Å²) in [5.41, 5.74) is 5.95. The summed E-state index contributed by atoms with van der Waals surface area (Å²) in [6.45, 7) is 2.24. The second-order valence-electron chi connectivity index (χ2n) is 4.95. The maximum absolute atomic E-state index is 11.9. The van der Waals surface area contributed by atoms with Crippen molar-refractivity contribution in [2.75, 3.05) is 18.5 Å². The predicted octanol–water partition coefficient (Wildman–Crippen LogP) is 1.85. The molecule has 116 valence electrons. The fourth-order valence-electron chi connectivity index (χ4n) is 1.85. The Balaban J connectivity index is 2.53. The average Bonchev–Trinajstić information content (AvgIpc) is 2.44. The van der Waals surface area contributed by atoms with Crippen molar-refractivity contribution in [3.05, 3.63) is 24.3 Å². The normalized spacial score (nSPS) is 11.7. The Morgan fingerprint density at radius 2 is 2.05 bits per heavy atom. The molecule has 1 unspecified atom stereocenters. The number of amides is 1. The van der Waals surface area contributed by atoms with E-state index in [9.17, 15) is 9.59 Å². The second-order valence-corrected chi connectivity index (χ2v) is 4.95. The lowest BCUT2D eigenvalue weighted by atomic mass is 10.0. The van der Waals surface area contributed by atoms with Gasteiger partial charge in [0.05, 0.1) is 5.69 Å². The van der Waals surface area contributed by atoms with E-state index in [0.717, 1.165) is 12.8 Å². The third-order valence-corrected chi connectivity index (χ3v) is 3.04. The number of carbonyl (C=O) groups excluding carboxylic acids is 1. The average molecular weight is 294 g/mol. The Bertz CT molecular complexity index is 476. The summed E-state index contributed by atoms with van der Waals surface area (Å²) in [5.74, 6) is -0.431. The maximum atomic E-state index is 11.9. The van der Waals surface area contributed by atoms with Crippen LogP contribution in [-0.2, 0) is 9.59 Å². The molecular weight excluding hydrogens is 272 g/mol. The Kier molecular flexibility index (Phi) is 7.25. The second kappa shape index (κ2) is 8.97. The van der Waals surface area contributed by atoms with Gasteiger partial charge in [0.15, 0.2) is 6.61 Å². The van der Waals surface area contributed by atoms with E-state index in [1.165, 1.54) is 0 Å². The molecule has 0 fully saturated rings. The van der Waals surface area contributed by atoms with E-state index in [0.29, 0.717) is 30.3 Å². The largest absolute Gasteiger partial charge is 0.480 e. The number of rotatable bonds is 9. The third-order valence-electron chi connectivity index (χ3n) is 3.04. The number of aliphatic carboxylic acids is 1. The van der Waals surface area contributed by atoms with Gasteiger partial charge in [-0.3, -0.25) is 4.79 Å². The first-order valence-electron chi connectivity index (χ1n) is 6.96. The molecule has 1 amide bonds. The topological polar surface area (TPSA) is 102 Å². The first-order valence-corrected chi connectivity index (χ1v) is 6.96. The number of nitrogens with one attached hydrogen (secondary N) is 1. The predicted molar refractivity (Wildman–Crippen MR) is 80.3 cm³/mol. The molecule has 0 aliphatic carbocycles. The summed E-state index contributed by atoms with van der Waals surface area (Å²) in [6, 6.07) is 6.77. The van der Waals surface area contributed by atoms with Crippen LogP contribution >= 0.6 is 0 Å². The van der Waals surface area contributed by atoms with Crippen molar-refractivity contribution in [1.82, 2.24) is 0 Å².